The predicted molar refractivity (Wildman–Crippen MR) is 79.5 cm³/mol. The first-order valence-corrected chi connectivity index (χ1v) is 6.48. The van der Waals surface area contributed by atoms with Crippen LogP contribution in [0.15, 0.2) is 39.7 Å². The second-order valence-electron chi connectivity index (χ2n) is 5.02. The molecule has 0 saturated heterocycles. The Morgan fingerprint density at radius 1 is 1.35 bits per heavy atom. The van der Waals surface area contributed by atoms with Gasteiger partial charge < -0.3 is 9.73 Å². The minimum absolute atomic E-state index is 0.0582. The quantitative estimate of drug-likeness (QED) is 0.873. The third-order valence-corrected chi connectivity index (χ3v) is 2.80. The van der Waals surface area contributed by atoms with E-state index in [-0.39, 0.29) is 17.4 Å². The van der Waals surface area contributed by atoms with Gasteiger partial charge in [0, 0.05) is 12.1 Å². The first kappa shape index (κ1) is 14.1. The van der Waals surface area contributed by atoms with Crippen LogP contribution in [0.4, 0.5) is 0 Å². The highest BCUT2D eigenvalue weighted by atomic mass is 16.3. The van der Waals surface area contributed by atoms with E-state index in [1.54, 1.807) is 12.1 Å². The Kier molecular flexibility index (Phi) is 4.03. The molecular formula is C16H17NO3. The van der Waals surface area contributed by atoms with Crippen LogP contribution in [0.1, 0.15) is 25.0 Å². The minimum atomic E-state index is -0.233. The van der Waals surface area contributed by atoms with E-state index in [4.69, 9.17) is 4.42 Å². The molecule has 0 aliphatic carbocycles. The van der Waals surface area contributed by atoms with Crippen molar-refractivity contribution in [2.75, 3.05) is 0 Å². The van der Waals surface area contributed by atoms with Gasteiger partial charge in [-0.05, 0) is 39.0 Å². The lowest BCUT2D eigenvalue weighted by Crippen LogP contribution is -2.28. The molecule has 104 valence electrons. The predicted octanol–water partition coefficient (Wildman–Crippen LogP) is 2.64. The number of fused-ring (bicyclic) bond motifs is 1. The molecule has 0 atom stereocenters. The van der Waals surface area contributed by atoms with E-state index in [1.807, 2.05) is 26.8 Å². The standard InChI is InChI=1S/C16H17NO3/c1-10(2)17-15(18)7-5-12-9-20-14-6-4-11(3)8-13(14)16(12)19/h4-10H,1-3H3,(H,17,18)/b7-5+. The van der Waals surface area contributed by atoms with E-state index in [9.17, 15) is 9.59 Å². The highest BCUT2D eigenvalue weighted by molar-refractivity contribution is 5.92. The summed E-state index contributed by atoms with van der Waals surface area (Å²) < 4.78 is 5.41. The van der Waals surface area contributed by atoms with Crippen LogP contribution < -0.4 is 10.7 Å². The summed E-state index contributed by atoms with van der Waals surface area (Å²) in [5.41, 5.74) is 1.76. The van der Waals surface area contributed by atoms with E-state index in [0.717, 1.165) is 5.56 Å². The fourth-order valence-corrected chi connectivity index (χ4v) is 1.87. The molecule has 0 saturated carbocycles. The second-order valence-corrected chi connectivity index (χ2v) is 5.02. The lowest BCUT2D eigenvalue weighted by molar-refractivity contribution is -0.116. The number of benzene rings is 1. The van der Waals surface area contributed by atoms with Crippen LogP contribution in [0, 0.1) is 6.92 Å². The van der Waals surface area contributed by atoms with Gasteiger partial charge in [0.15, 0.2) is 5.43 Å². The summed E-state index contributed by atoms with van der Waals surface area (Å²) in [6.45, 7) is 5.66. The molecule has 0 aliphatic rings. The fourth-order valence-electron chi connectivity index (χ4n) is 1.87. The Labute approximate surface area is 117 Å². The third kappa shape index (κ3) is 3.15. The summed E-state index contributed by atoms with van der Waals surface area (Å²) in [6.07, 6.45) is 4.19. The van der Waals surface area contributed by atoms with Crippen molar-refractivity contribution < 1.29 is 9.21 Å². The van der Waals surface area contributed by atoms with Gasteiger partial charge in [-0.1, -0.05) is 11.6 Å². The van der Waals surface area contributed by atoms with Crippen LogP contribution >= 0.6 is 0 Å². The molecule has 4 nitrogen and oxygen atoms in total. The Hall–Kier alpha value is -2.36. The normalized spacial score (nSPS) is 11.4. The zero-order valence-corrected chi connectivity index (χ0v) is 11.8. The summed E-state index contributed by atoms with van der Waals surface area (Å²) >= 11 is 0. The van der Waals surface area contributed by atoms with E-state index in [0.29, 0.717) is 16.5 Å². The molecule has 0 fully saturated rings. The topological polar surface area (TPSA) is 59.3 Å². The van der Waals surface area contributed by atoms with Crippen LogP contribution in [0.3, 0.4) is 0 Å². The molecule has 2 aromatic rings. The van der Waals surface area contributed by atoms with Crippen molar-refractivity contribution in [2.24, 2.45) is 0 Å². The highest BCUT2D eigenvalue weighted by Gasteiger charge is 2.05. The molecule has 0 radical (unpaired) electrons. The number of carbonyl (C=O) groups excluding carboxylic acids is 1. The molecule has 20 heavy (non-hydrogen) atoms. The average Bonchev–Trinajstić information content (AvgIpc) is 2.38. The second kappa shape index (κ2) is 5.74. The molecule has 1 heterocycles. The number of nitrogens with one attached hydrogen (secondary N) is 1. The van der Waals surface area contributed by atoms with Crippen LogP contribution in [0.2, 0.25) is 0 Å². The molecule has 0 bridgehead atoms. The molecule has 4 heteroatoms. The maximum Gasteiger partial charge on any atom is 0.244 e. The Balaban J connectivity index is 2.36. The number of carbonyl (C=O) groups is 1. The van der Waals surface area contributed by atoms with Crippen LogP contribution in [0.5, 0.6) is 0 Å². The van der Waals surface area contributed by atoms with E-state index < -0.39 is 0 Å². The summed E-state index contributed by atoms with van der Waals surface area (Å²) in [5, 5.41) is 3.24. The van der Waals surface area contributed by atoms with Crippen molar-refractivity contribution in [3.8, 4) is 0 Å². The number of rotatable bonds is 3. The van der Waals surface area contributed by atoms with Gasteiger partial charge in [0.05, 0.1) is 10.9 Å². The Morgan fingerprint density at radius 3 is 2.80 bits per heavy atom. The molecular weight excluding hydrogens is 254 g/mol. The van der Waals surface area contributed by atoms with Crippen molar-refractivity contribution in [1.82, 2.24) is 5.32 Å². The molecule has 2 rings (SSSR count). The first-order valence-electron chi connectivity index (χ1n) is 6.48. The van der Waals surface area contributed by atoms with Gasteiger partial charge in [-0.15, -0.1) is 0 Å². The zero-order chi connectivity index (χ0) is 14.7. The highest BCUT2D eigenvalue weighted by Crippen LogP contribution is 2.13. The minimum Gasteiger partial charge on any atom is -0.463 e. The van der Waals surface area contributed by atoms with Crippen molar-refractivity contribution in [2.45, 2.75) is 26.8 Å². The monoisotopic (exact) mass is 271 g/mol. The molecule has 1 aromatic carbocycles. The Bertz CT molecular complexity index is 726. The van der Waals surface area contributed by atoms with Crippen LogP contribution in [0.25, 0.3) is 17.0 Å². The summed E-state index contributed by atoms with van der Waals surface area (Å²) in [5.74, 6) is -0.233. The van der Waals surface area contributed by atoms with E-state index >= 15 is 0 Å². The van der Waals surface area contributed by atoms with Crippen molar-refractivity contribution in [3.05, 3.63) is 51.9 Å². The lowest BCUT2D eigenvalue weighted by Gasteiger charge is -2.04. The fraction of sp³-hybridized carbons (Fsp3) is 0.250. The first-order chi connectivity index (χ1) is 9.47. The molecule has 1 aromatic heterocycles. The Morgan fingerprint density at radius 2 is 2.10 bits per heavy atom. The number of amides is 1. The summed E-state index contributed by atoms with van der Waals surface area (Å²) in [4.78, 5) is 23.8. The molecule has 0 spiro atoms. The average molecular weight is 271 g/mol. The number of aryl methyl sites for hydroxylation is 1. The molecule has 1 amide bonds. The van der Waals surface area contributed by atoms with Crippen LogP contribution in [-0.2, 0) is 4.79 Å². The van der Waals surface area contributed by atoms with Gasteiger partial charge >= 0.3 is 0 Å². The number of hydrogen-bond acceptors (Lipinski definition) is 3. The maximum atomic E-state index is 12.3. The summed E-state index contributed by atoms with van der Waals surface area (Å²) in [7, 11) is 0. The van der Waals surface area contributed by atoms with Crippen molar-refractivity contribution in [1.29, 1.82) is 0 Å². The van der Waals surface area contributed by atoms with E-state index in [1.165, 1.54) is 18.4 Å². The van der Waals surface area contributed by atoms with Gasteiger partial charge in [-0.3, -0.25) is 9.59 Å². The van der Waals surface area contributed by atoms with Gasteiger partial charge in [0.25, 0.3) is 0 Å². The SMILES string of the molecule is Cc1ccc2occ(/C=C/C(=O)NC(C)C)c(=O)c2c1. The van der Waals surface area contributed by atoms with Gasteiger partial charge in [0.1, 0.15) is 11.8 Å². The van der Waals surface area contributed by atoms with Gasteiger partial charge in [0.2, 0.25) is 5.91 Å². The zero-order valence-electron chi connectivity index (χ0n) is 11.8. The summed E-state index contributed by atoms with van der Waals surface area (Å²) in [6, 6.07) is 5.50. The maximum absolute atomic E-state index is 12.3. The van der Waals surface area contributed by atoms with E-state index in [2.05, 4.69) is 5.32 Å². The van der Waals surface area contributed by atoms with Crippen molar-refractivity contribution >= 4 is 23.0 Å². The molecule has 0 unspecified atom stereocenters. The van der Waals surface area contributed by atoms with Crippen molar-refractivity contribution in [3.63, 3.8) is 0 Å². The molecule has 0 aliphatic heterocycles. The lowest BCUT2D eigenvalue weighted by atomic mass is 10.1. The molecule has 1 N–H and O–H groups in total. The van der Waals surface area contributed by atoms with Crippen LogP contribution in [-0.4, -0.2) is 11.9 Å². The largest absolute Gasteiger partial charge is 0.463 e. The number of hydrogen-bond donors (Lipinski definition) is 1. The van der Waals surface area contributed by atoms with Gasteiger partial charge in [-0.2, -0.15) is 0 Å². The third-order valence-electron chi connectivity index (χ3n) is 2.80. The smallest absolute Gasteiger partial charge is 0.244 e. The van der Waals surface area contributed by atoms with Gasteiger partial charge in [-0.25, -0.2) is 0 Å².